The Morgan fingerprint density at radius 2 is 2.20 bits per heavy atom. The minimum atomic E-state index is -0.00812. The van der Waals surface area contributed by atoms with Crippen molar-refractivity contribution >= 4 is 33.4 Å². The fourth-order valence-corrected chi connectivity index (χ4v) is 1.93. The molecule has 0 saturated heterocycles. The maximum atomic E-state index is 11.9. The molecule has 82 valence electrons. The number of carbonyl (C=O) groups is 1. The van der Waals surface area contributed by atoms with Crippen molar-refractivity contribution < 1.29 is 4.79 Å². The van der Waals surface area contributed by atoms with E-state index < -0.39 is 0 Å². The predicted octanol–water partition coefficient (Wildman–Crippen LogP) is 3.07. The Bertz CT molecular complexity index is 368. The van der Waals surface area contributed by atoms with Gasteiger partial charge >= 0.3 is 0 Å². The molecule has 15 heavy (non-hydrogen) atoms. The second-order valence-corrected chi connectivity index (χ2v) is 4.52. The largest absolute Gasteiger partial charge is 0.340 e. The molecule has 0 spiro atoms. The Kier molecular flexibility index (Phi) is 4.61. The minimum absolute atomic E-state index is 0.00812. The van der Waals surface area contributed by atoms with Crippen LogP contribution in [0.25, 0.3) is 0 Å². The Morgan fingerprint density at radius 3 is 2.80 bits per heavy atom. The van der Waals surface area contributed by atoms with Gasteiger partial charge in [-0.2, -0.15) is 0 Å². The zero-order valence-electron chi connectivity index (χ0n) is 8.76. The first-order valence-corrected chi connectivity index (χ1v) is 5.97. The van der Waals surface area contributed by atoms with Gasteiger partial charge in [-0.1, -0.05) is 12.1 Å². The third-order valence-corrected chi connectivity index (χ3v) is 3.41. The summed E-state index contributed by atoms with van der Waals surface area (Å²) >= 11 is 9.01. The average molecular weight is 291 g/mol. The minimum Gasteiger partial charge on any atom is -0.340 e. The van der Waals surface area contributed by atoms with Crippen molar-refractivity contribution in [1.82, 2.24) is 4.90 Å². The van der Waals surface area contributed by atoms with E-state index in [4.69, 9.17) is 11.6 Å². The van der Waals surface area contributed by atoms with Crippen LogP contribution in [0.1, 0.15) is 15.9 Å². The van der Waals surface area contributed by atoms with Crippen LogP contribution in [0.15, 0.2) is 22.7 Å². The molecule has 0 aliphatic heterocycles. The highest BCUT2D eigenvalue weighted by atomic mass is 79.9. The standard InChI is InChI=1S/C11H13BrClNO/c1-8-4-3-5-9(10(8)12)11(15)14(2)7-6-13/h3-5H,6-7H2,1-2H3. The van der Waals surface area contributed by atoms with Crippen molar-refractivity contribution in [3.8, 4) is 0 Å². The molecule has 0 bridgehead atoms. The topological polar surface area (TPSA) is 20.3 Å². The summed E-state index contributed by atoms with van der Waals surface area (Å²) in [6.45, 7) is 2.52. The van der Waals surface area contributed by atoms with Crippen LogP contribution >= 0.6 is 27.5 Å². The summed E-state index contributed by atoms with van der Waals surface area (Å²) < 4.78 is 0.858. The molecule has 1 rings (SSSR count). The van der Waals surface area contributed by atoms with E-state index in [-0.39, 0.29) is 5.91 Å². The molecular formula is C11H13BrClNO. The van der Waals surface area contributed by atoms with Gasteiger partial charge in [0.15, 0.2) is 0 Å². The predicted molar refractivity (Wildman–Crippen MR) is 66.6 cm³/mol. The number of nitrogens with zero attached hydrogens (tertiary/aromatic N) is 1. The van der Waals surface area contributed by atoms with Crippen LogP contribution in [0.5, 0.6) is 0 Å². The van der Waals surface area contributed by atoms with E-state index in [9.17, 15) is 4.79 Å². The fourth-order valence-electron chi connectivity index (χ4n) is 1.25. The first kappa shape index (κ1) is 12.5. The zero-order chi connectivity index (χ0) is 11.4. The summed E-state index contributed by atoms with van der Waals surface area (Å²) in [6.07, 6.45) is 0. The van der Waals surface area contributed by atoms with E-state index >= 15 is 0 Å². The van der Waals surface area contributed by atoms with E-state index in [1.165, 1.54) is 0 Å². The third-order valence-electron chi connectivity index (χ3n) is 2.19. The van der Waals surface area contributed by atoms with Crippen LogP contribution < -0.4 is 0 Å². The van der Waals surface area contributed by atoms with E-state index in [0.29, 0.717) is 18.0 Å². The molecule has 4 heteroatoms. The number of carbonyl (C=O) groups excluding carboxylic acids is 1. The van der Waals surface area contributed by atoms with E-state index in [0.717, 1.165) is 10.0 Å². The van der Waals surface area contributed by atoms with Crippen LogP contribution in [0.3, 0.4) is 0 Å². The van der Waals surface area contributed by atoms with Gasteiger partial charge in [-0.25, -0.2) is 0 Å². The molecule has 0 unspecified atom stereocenters. The van der Waals surface area contributed by atoms with Crippen LogP contribution in [-0.4, -0.2) is 30.3 Å². The lowest BCUT2D eigenvalue weighted by atomic mass is 10.1. The summed E-state index contributed by atoms with van der Waals surface area (Å²) in [4.78, 5) is 13.6. The number of aryl methyl sites for hydroxylation is 1. The second-order valence-electron chi connectivity index (χ2n) is 3.35. The molecule has 0 N–H and O–H groups in total. The van der Waals surface area contributed by atoms with Gasteiger partial charge in [0.05, 0.1) is 5.56 Å². The molecule has 0 heterocycles. The first-order valence-electron chi connectivity index (χ1n) is 4.64. The van der Waals surface area contributed by atoms with Gasteiger partial charge in [-0.05, 0) is 34.5 Å². The summed E-state index contributed by atoms with van der Waals surface area (Å²) in [5.74, 6) is 0.442. The lowest BCUT2D eigenvalue weighted by molar-refractivity contribution is 0.0802. The van der Waals surface area contributed by atoms with Gasteiger partial charge in [0.1, 0.15) is 0 Å². The Hall–Kier alpha value is -0.540. The molecular weight excluding hydrogens is 277 g/mol. The van der Waals surface area contributed by atoms with Gasteiger partial charge in [0.2, 0.25) is 0 Å². The van der Waals surface area contributed by atoms with Crippen molar-refractivity contribution in [3.63, 3.8) is 0 Å². The summed E-state index contributed by atoms with van der Waals surface area (Å²) in [5, 5.41) is 0. The highest BCUT2D eigenvalue weighted by Gasteiger charge is 2.14. The number of halogens is 2. The van der Waals surface area contributed by atoms with Gasteiger partial charge in [-0.3, -0.25) is 4.79 Å². The van der Waals surface area contributed by atoms with Crippen molar-refractivity contribution in [2.45, 2.75) is 6.92 Å². The second kappa shape index (κ2) is 5.52. The van der Waals surface area contributed by atoms with Gasteiger partial charge in [-0.15, -0.1) is 11.6 Å². The monoisotopic (exact) mass is 289 g/mol. The Morgan fingerprint density at radius 1 is 1.53 bits per heavy atom. The summed E-state index contributed by atoms with van der Waals surface area (Å²) in [5.41, 5.74) is 1.74. The van der Waals surface area contributed by atoms with Crippen molar-refractivity contribution in [3.05, 3.63) is 33.8 Å². The molecule has 1 amide bonds. The van der Waals surface area contributed by atoms with E-state index in [1.54, 1.807) is 11.9 Å². The van der Waals surface area contributed by atoms with Crippen molar-refractivity contribution in [1.29, 1.82) is 0 Å². The third kappa shape index (κ3) is 2.95. The van der Waals surface area contributed by atoms with Gasteiger partial charge in [0, 0.05) is 23.9 Å². The zero-order valence-corrected chi connectivity index (χ0v) is 11.1. The lowest BCUT2D eigenvalue weighted by Crippen LogP contribution is -2.28. The number of hydrogen-bond acceptors (Lipinski definition) is 1. The fraction of sp³-hybridized carbons (Fsp3) is 0.364. The number of amides is 1. The quantitative estimate of drug-likeness (QED) is 0.784. The van der Waals surface area contributed by atoms with Crippen molar-refractivity contribution in [2.75, 3.05) is 19.5 Å². The molecule has 0 saturated carbocycles. The van der Waals surface area contributed by atoms with Gasteiger partial charge < -0.3 is 4.90 Å². The van der Waals surface area contributed by atoms with Crippen molar-refractivity contribution in [2.24, 2.45) is 0 Å². The number of rotatable bonds is 3. The van der Waals surface area contributed by atoms with Crippen LogP contribution in [0.4, 0.5) is 0 Å². The maximum Gasteiger partial charge on any atom is 0.254 e. The number of hydrogen-bond donors (Lipinski definition) is 0. The molecule has 0 atom stereocenters. The SMILES string of the molecule is Cc1cccc(C(=O)N(C)CCCl)c1Br. The lowest BCUT2D eigenvalue weighted by Gasteiger charge is -2.16. The highest BCUT2D eigenvalue weighted by Crippen LogP contribution is 2.22. The molecule has 0 aromatic heterocycles. The number of benzene rings is 1. The highest BCUT2D eigenvalue weighted by molar-refractivity contribution is 9.10. The van der Waals surface area contributed by atoms with Crippen LogP contribution in [0.2, 0.25) is 0 Å². The number of alkyl halides is 1. The normalized spacial score (nSPS) is 10.1. The maximum absolute atomic E-state index is 11.9. The molecule has 0 aliphatic rings. The molecule has 0 aliphatic carbocycles. The van der Waals surface area contributed by atoms with E-state index in [2.05, 4.69) is 15.9 Å². The Labute approximate surface area is 103 Å². The Balaban J connectivity index is 2.96. The molecule has 2 nitrogen and oxygen atoms in total. The molecule has 0 fully saturated rings. The first-order chi connectivity index (χ1) is 7.07. The smallest absolute Gasteiger partial charge is 0.254 e. The van der Waals surface area contributed by atoms with E-state index in [1.807, 2.05) is 25.1 Å². The average Bonchev–Trinajstić information content (AvgIpc) is 2.21. The summed E-state index contributed by atoms with van der Waals surface area (Å²) in [7, 11) is 1.75. The molecule has 1 aromatic carbocycles. The molecule has 1 aromatic rings. The van der Waals surface area contributed by atoms with Crippen LogP contribution in [-0.2, 0) is 0 Å². The van der Waals surface area contributed by atoms with Gasteiger partial charge in [0.25, 0.3) is 5.91 Å². The molecule has 0 radical (unpaired) electrons. The van der Waals surface area contributed by atoms with Crippen LogP contribution in [0, 0.1) is 6.92 Å². The summed E-state index contributed by atoms with van der Waals surface area (Å²) in [6, 6.07) is 5.65.